The van der Waals surface area contributed by atoms with Gasteiger partial charge in [-0.25, -0.2) is 4.68 Å². The number of aromatic nitrogens is 2. The molecule has 146 valence electrons. The fourth-order valence-electron chi connectivity index (χ4n) is 4.52. The third-order valence-electron chi connectivity index (χ3n) is 6.17. The summed E-state index contributed by atoms with van der Waals surface area (Å²) in [5.41, 5.74) is 0.545. The van der Waals surface area contributed by atoms with E-state index >= 15 is 0 Å². The fraction of sp³-hybridized carbons (Fsp3) is 0.400. The summed E-state index contributed by atoms with van der Waals surface area (Å²) in [7, 11) is 1.68. The minimum absolute atomic E-state index is 0.0297. The molecule has 0 bridgehead atoms. The van der Waals surface area contributed by atoms with Crippen molar-refractivity contribution >= 4 is 17.8 Å². The van der Waals surface area contributed by atoms with Crippen LogP contribution in [0.2, 0.25) is 0 Å². The molecule has 1 aromatic heterocycles. The van der Waals surface area contributed by atoms with Crippen molar-refractivity contribution in [2.75, 3.05) is 20.1 Å². The molecule has 8 heteroatoms. The van der Waals surface area contributed by atoms with Crippen LogP contribution in [-0.4, -0.2) is 68.1 Å². The van der Waals surface area contributed by atoms with Crippen molar-refractivity contribution in [3.05, 3.63) is 48.3 Å². The molecular weight excluding hydrogens is 360 g/mol. The van der Waals surface area contributed by atoms with Gasteiger partial charge in [-0.05, 0) is 31.0 Å². The number of benzene rings is 1. The van der Waals surface area contributed by atoms with Gasteiger partial charge in [0.15, 0.2) is 0 Å². The Morgan fingerprint density at radius 2 is 1.89 bits per heavy atom. The van der Waals surface area contributed by atoms with Crippen LogP contribution in [0.3, 0.4) is 0 Å². The number of amides is 2. The van der Waals surface area contributed by atoms with E-state index < -0.39 is 17.4 Å². The van der Waals surface area contributed by atoms with E-state index in [2.05, 4.69) is 5.10 Å². The largest absolute Gasteiger partial charge is 0.481 e. The second-order valence-electron chi connectivity index (χ2n) is 7.41. The van der Waals surface area contributed by atoms with Crippen molar-refractivity contribution in [2.24, 2.45) is 5.92 Å². The Balaban J connectivity index is 1.56. The number of carbonyl (C=O) groups is 3. The van der Waals surface area contributed by atoms with Gasteiger partial charge in [0.05, 0.1) is 22.7 Å². The molecule has 1 aromatic carbocycles. The van der Waals surface area contributed by atoms with E-state index in [0.29, 0.717) is 37.2 Å². The first-order valence-corrected chi connectivity index (χ1v) is 9.32. The molecule has 2 aromatic rings. The quantitative estimate of drug-likeness (QED) is 0.866. The predicted octanol–water partition coefficient (Wildman–Crippen LogP) is 1.41. The van der Waals surface area contributed by atoms with Crippen LogP contribution >= 0.6 is 0 Å². The maximum Gasteiger partial charge on any atom is 0.309 e. The number of piperidine rings is 1. The van der Waals surface area contributed by atoms with Crippen molar-refractivity contribution in [2.45, 2.75) is 24.8 Å². The highest BCUT2D eigenvalue weighted by Crippen LogP contribution is 2.43. The molecule has 2 aliphatic rings. The Morgan fingerprint density at radius 1 is 1.18 bits per heavy atom. The summed E-state index contributed by atoms with van der Waals surface area (Å²) in [6.07, 6.45) is 4.39. The van der Waals surface area contributed by atoms with E-state index in [4.69, 9.17) is 0 Å². The Kier molecular flexibility index (Phi) is 4.41. The molecule has 1 unspecified atom stereocenters. The molecular formula is C20H22N4O4. The number of likely N-dealkylation sites (tertiary alicyclic amines) is 2. The number of rotatable bonds is 3. The van der Waals surface area contributed by atoms with Crippen molar-refractivity contribution in [1.82, 2.24) is 19.6 Å². The molecule has 1 N–H and O–H groups in total. The Labute approximate surface area is 162 Å². The molecule has 4 rings (SSSR count). The van der Waals surface area contributed by atoms with E-state index in [1.807, 2.05) is 18.2 Å². The van der Waals surface area contributed by atoms with Crippen molar-refractivity contribution in [3.8, 4) is 5.69 Å². The molecule has 2 saturated heterocycles. The molecule has 28 heavy (non-hydrogen) atoms. The van der Waals surface area contributed by atoms with Gasteiger partial charge in [0.25, 0.3) is 5.91 Å². The smallest absolute Gasteiger partial charge is 0.309 e. The van der Waals surface area contributed by atoms with Crippen LogP contribution in [0.15, 0.2) is 42.7 Å². The van der Waals surface area contributed by atoms with E-state index in [0.717, 1.165) is 0 Å². The van der Waals surface area contributed by atoms with Crippen molar-refractivity contribution in [1.29, 1.82) is 0 Å². The highest BCUT2D eigenvalue weighted by atomic mass is 16.4. The summed E-state index contributed by atoms with van der Waals surface area (Å²) in [6.45, 7) is 0.821. The highest BCUT2D eigenvalue weighted by Gasteiger charge is 2.55. The van der Waals surface area contributed by atoms with Gasteiger partial charge in [-0.2, -0.15) is 5.10 Å². The van der Waals surface area contributed by atoms with Gasteiger partial charge in [0.2, 0.25) is 5.91 Å². The number of carboxylic acid groups (broad SMARTS) is 1. The second kappa shape index (κ2) is 6.78. The van der Waals surface area contributed by atoms with Crippen LogP contribution in [0.5, 0.6) is 0 Å². The van der Waals surface area contributed by atoms with E-state index in [1.165, 1.54) is 0 Å². The lowest BCUT2D eigenvalue weighted by atomic mass is 9.77. The Bertz CT molecular complexity index is 916. The lowest BCUT2D eigenvalue weighted by Gasteiger charge is -2.45. The van der Waals surface area contributed by atoms with Gasteiger partial charge in [0.1, 0.15) is 0 Å². The zero-order valence-corrected chi connectivity index (χ0v) is 15.6. The van der Waals surface area contributed by atoms with Gasteiger partial charge in [-0.1, -0.05) is 12.1 Å². The first kappa shape index (κ1) is 18.2. The van der Waals surface area contributed by atoms with Crippen molar-refractivity contribution in [3.63, 3.8) is 0 Å². The molecule has 2 fully saturated rings. The van der Waals surface area contributed by atoms with Gasteiger partial charge in [0, 0.05) is 39.0 Å². The summed E-state index contributed by atoms with van der Waals surface area (Å²) in [5, 5.41) is 13.8. The number of hydrogen-bond acceptors (Lipinski definition) is 4. The normalized spacial score (nSPS) is 21.3. The average molecular weight is 382 g/mol. The zero-order chi connectivity index (χ0) is 19.9. The van der Waals surface area contributed by atoms with E-state index in [1.54, 1.807) is 46.1 Å². The van der Waals surface area contributed by atoms with Gasteiger partial charge < -0.3 is 14.9 Å². The molecule has 0 aliphatic carbocycles. The standard InChI is InChI=1S/C20H22N4O4/c1-22-17(25)13-15(19(27)28)20(22)7-11-23(12-8-20)18(26)14-5-2-3-6-16(14)24-10-4-9-21-24/h2-6,9-10,15H,7-8,11-13H2,1H3,(H,27,28). The highest BCUT2D eigenvalue weighted by molar-refractivity contribution is 5.98. The zero-order valence-electron chi connectivity index (χ0n) is 15.6. The first-order chi connectivity index (χ1) is 13.4. The Hall–Kier alpha value is -3.16. The molecule has 0 saturated carbocycles. The molecule has 0 radical (unpaired) electrons. The molecule has 2 amide bonds. The Morgan fingerprint density at radius 3 is 2.54 bits per heavy atom. The van der Waals surface area contributed by atoms with E-state index in [9.17, 15) is 19.5 Å². The van der Waals surface area contributed by atoms with Crippen LogP contribution in [0.25, 0.3) is 5.69 Å². The van der Waals surface area contributed by atoms with Crippen LogP contribution in [0.1, 0.15) is 29.6 Å². The molecule has 8 nitrogen and oxygen atoms in total. The maximum absolute atomic E-state index is 13.2. The fourth-order valence-corrected chi connectivity index (χ4v) is 4.52. The first-order valence-electron chi connectivity index (χ1n) is 9.32. The minimum Gasteiger partial charge on any atom is -0.481 e. The van der Waals surface area contributed by atoms with Gasteiger partial charge in [-0.15, -0.1) is 0 Å². The number of hydrogen-bond donors (Lipinski definition) is 1. The predicted molar refractivity (Wildman–Crippen MR) is 99.9 cm³/mol. The van der Waals surface area contributed by atoms with E-state index in [-0.39, 0.29) is 18.2 Å². The maximum atomic E-state index is 13.2. The van der Waals surface area contributed by atoms with Crippen molar-refractivity contribution < 1.29 is 19.5 Å². The molecule has 2 aliphatic heterocycles. The summed E-state index contributed by atoms with van der Waals surface area (Å²) in [4.78, 5) is 40.4. The van der Waals surface area contributed by atoms with Crippen LogP contribution in [0, 0.1) is 5.92 Å². The summed E-state index contributed by atoms with van der Waals surface area (Å²) in [6, 6.07) is 9.08. The summed E-state index contributed by atoms with van der Waals surface area (Å²) in [5.74, 6) is -1.92. The number of nitrogens with zero attached hydrogens (tertiary/aromatic N) is 4. The monoisotopic (exact) mass is 382 g/mol. The van der Waals surface area contributed by atoms with Gasteiger partial charge >= 0.3 is 5.97 Å². The summed E-state index contributed by atoms with van der Waals surface area (Å²) >= 11 is 0. The van der Waals surface area contributed by atoms with Crippen LogP contribution in [0.4, 0.5) is 0 Å². The number of carboxylic acids is 1. The minimum atomic E-state index is -0.943. The third-order valence-corrected chi connectivity index (χ3v) is 6.17. The number of para-hydroxylation sites is 1. The molecule has 3 heterocycles. The average Bonchev–Trinajstić information content (AvgIpc) is 3.32. The SMILES string of the molecule is CN1C(=O)CC(C(=O)O)C12CCN(C(=O)c1ccccc1-n1cccn1)CC2. The lowest BCUT2D eigenvalue weighted by molar-refractivity contribution is -0.145. The van der Waals surface area contributed by atoms with Crippen LogP contribution < -0.4 is 0 Å². The molecule has 1 spiro atoms. The van der Waals surface area contributed by atoms with Gasteiger partial charge in [-0.3, -0.25) is 14.4 Å². The second-order valence-corrected chi connectivity index (χ2v) is 7.41. The third kappa shape index (κ3) is 2.76. The topological polar surface area (TPSA) is 95.7 Å². The number of aliphatic carboxylic acids is 1. The lowest BCUT2D eigenvalue weighted by Crippen LogP contribution is -2.57. The number of carbonyl (C=O) groups excluding carboxylic acids is 2. The summed E-state index contributed by atoms with van der Waals surface area (Å²) < 4.78 is 1.66. The molecule has 1 atom stereocenters. The van der Waals surface area contributed by atoms with Crippen LogP contribution in [-0.2, 0) is 9.59 Å².